The fourth-order valence-electron chi connectivity index (χ4n) is 3.46. The Labute approximate surface area is 149 Å². The van der Waals surface area contributed by atoms with Crippen molar-refractivity contribution in [3.63, 3.8) is 0 Å². The Morgan fingerprint density at radius 1 is 1.16 bits per heavy atom. The van der Waals surface area contributed by atoms with Gasteiger partial charge in [0.15, 0.2) is 11.6 Å². The number of piperazine rings is 1. The lowest BCUT2D eigenvalue weighted by molar-refractivity contribution is -0.134. The zero-order chi connectivity index (χ0) is 18.0. The van der Waals surface area contributed by atoms with Gasteiger partial charge in [0.1, 0.15) is 0 Å². The molecule has 0 spiro atoms. The minimum Gasteiger partial charge on any atom is -0.339 e. The first-order valence-electron chi connectivity index (χ1n) is 9.04. The first-order valence-corrected chi connectivity index (χ1v) is 9.04. The van der Waals surface area contributed by atoms with Gasteiger partial charge >= 0.3 is 0 Å². The van der Waals surface area contributed by atoms with Gasteiger partial charge in [0.05, 0.1) is 12.2 Å². The number of Topliss-reactive ketones (excluding diaryl/α,β-unsaturated/α-hetero) is 1. The fourth-order valence-corrected chi connectivity index (χ4v) is 3.46. The van der Waals surface area contributed by atoms with Crippen LogP contribution in [0.2, 0.25) is 0 Å². The van der Waals surface area contributed by atoms with Crippen molar-refractivity contribution in [3.8, 4) is 0 Å². The van der Waals surface area contributed by atoms with Crippen LogP contribution in [0.5, 0.6) is 0 Å². The number of amides is 1. The second kappa shape index (κ2) is 7.58. The van der Waals surface area contributed by atoms with Crippen molar-refractivity contribution in [3.05, 3.63) is 23.3 Å². The van der Waals surface area contributed by atoms with E-state index in [1.54, 1.807) is 6.20 Å². The number of hydrogen-bond acceptors (Lipinski definition) is 6. The molecule has 136 valence electrons. The molecule has 25 heavy (non-hydrogen) atoms. The number of ketones is 1. The molecule has 2 aliphatic rings. The molecule has 1 saturated heterocycles. The van der Waals surface area contributed by atoms with E-state index in [2.05, 4.69) is 33.6 Å². The van der Waals surface area contributed by atoms with Crippen LogP contribution in [-0.4, -0.2) is 81.7 Å². The summed E-state index contributed by atoms with van der Waals surface area (Å²) in [6.45, 7) is 11.3. The highest BCUT2D eigenvalue weighted by Crippen LogP contribution is 2.17. The van der Waals surface area contributed by atoms with Crippen molar-refractivity contribution in [1.29, 1.82) is 0 Å². The minimum atomic E-state index is -0.110. The molecule has 0 aromatic carbocycles. The van der Waals surface area contributed by atoms with Gasteiger partial charge in [-0.25, -0.2) is 9.97 Å². The summed E-state index contributed by atoms with van der Waals surface area (Å²) in [7, 11) is 0. The van der Waals surface area contributed by atoms with Crippen molar-refractivity contribution in [2.24, 2.45) is 0 Å². The Morgan fingerprint density at radius 3 is 2.52 bits per heavy atom. The lowest BCUT2D eigenvalue weighted by Crippen LogP contribution is -2.53. The van der Waals surface area contributed by atoms with Crippen LogP contribution >= 0.6 is 0 Å². The average molecular weight is 345 g/mol. The second-order valence-electron chi connectivity index (χ2n) is 7.19. The Balaban J connectivity index is 1.54. The molecule has 7 nitrogen and oxygen atoms in total. The van der Waals surface area contributed by atoms with E-state index >= 15 is 0 Å². The monoisotopic (exact) mass is 345 g/mol. The van der Waals surface area contributed by atoms with Crippen molar-refractivity contribution >= 4 is 11.7 Å². The van der Waals surface area contributed by atoms with E-state index in [1.807, 2.05) is 4.90 Å². The van der Waals surface area contributed by atoms with Gasteiger partial charge in [0.25, 0.3) is 0 Å². The number of rotatable bonds is 4. The van der Waals surface area contributed by atoms with Gasteiger partial charge in [-0.3, -0.25) is 19.4 Å². The van der Waals surface area contributed by atoms with Crippen LogP contribution < -0.4 is 0 Å². The first kappa shape index (κ1) is 17.9. The van der Waals surface area contributed by atoms with Gasteiger partial charge in [-0.2, -0.15) is 0 Å². The van der Waals surface area contributed by atoms with E-state index in [0.29, 0.717) is 19.1 Å². The molecule has 0 atom stereocenters. The summed E-state index contributed by atoms with van der Waals surface area (Å²) in [4.78, 5) is 39.0. The fraction of sp³-hybridized carbons (Fsp3) is 0.667. The maximum Gasteiger partial charge on any atom is 0.236 e. The van der Waals surface area contributed by atoms with Gasteiger partial charge in [-0.1, -0.05) is 0 Å². The molecular weight excluding hydrogens is 318 g/mol. The summed E-state index contributed by atoms with van der Waals surface area (Å²) >= 11 is 0. The van der Waals surface area contributed by atoms with E-state index in [9.17, 15) is 9.59 Å². The summed E-state index contributed by atoms with van der Waals surface area (Å²) in [5.74, 6) is 0.375. The summed E-state index contributed by atoms with van der Waals surface area (Å²) in [5.41, 5.74) is 1.96. The number of aromatic nitrogens is 2. The third kappa shape index (κ3) is 4.22. The molecule has 0 radical (unpaired) electrons. The highest BCUT2D eigenvalue weighted by molar-refractivity contribution is 5.90. The predicted molar refractivity (Wildman–Crippen MR) is 94.3 cm³/mol. The number of fused-ring (bicyclic) bond motifs is 1. The van der Waals surface area contributed by atoms with Crippen LogP contribution in [-0.2, 0) is 17.8 Å². The van der Waals surface area contributed by atoms with Crippen molar-refractivity contribution < 1.29 is 9.59 Å². The summed E-state index contributed by atoms with van der Waals surface area (Å²) < 4.78 is 0. The van der Waals surface area contributed by atoms with E-state index in [4.69, 9.17) is 0 Å². The SMILES string of the molecule is CC(=O)c1ncc2c(n1)CCN(CC(=O)N1CCN(C(C)C)CC1)C2. The third-order valence-electron chi connectivity index (χ3n) is 5.08. The molecule has 0 aliphatic carbocycles. The largest absolute Gasteiger partial charge is 0.339 e. The van der Waals surface area contributed by atoms with Gasteiger partial charge in [-0.05, 0) is 13.8 Å². The summed E-state index contributed by atoms with van der Waals surface area (Å²) in [5, 5.41) is 0. The van der Waals surface area contributed by atoms with Crippen molar-refractivity contribution in [2.75, 3.05) is 39.3 Å². The number of carbonyl (C=O) groups excluding carboxylic acids is 2. The molecule has 1 fully saturated rings. The van der Waals surface area contributed by atoms with E-state index < -0.39 is 0 Å². The van der Waals surface area contributed by atoms with Crippen LogP contribution in [0.3, 0.4) is 0 Å². The topological polar surface area (TPSA) is 69.6 Å². The van der Waals surface area contributed by atoms with Crippen molar-refractivity contribution in [2.45, 2.75) is 39.8 Å². The molecule has 3 rings (SSSR count). The Bertz CT molecular complexity index is 653. The third-order valence-corrected chi connectivity index (χ3v) is 5.08. The van der Waals surface area contributed by atoms with E-state index in [-0.39, 0.29) is 17.5 Å². The molecule has 0 N–H and O–H groups in total. The molecule has 0 bridgehead atoms. The smallest absolute Gasteiger partial charge is 0.236 e. The average Bonchev–Trinajstić information content (AvgIpc) is 2.61. The molecule has 0 saturated carbocycles. The quantitative estimate of drug-likeness (QED) is 0.744. The van der Waals surface area contributed by atoms with Gasteiger partial charge < -0.3 is 4.90 Å². The van der Waals surface area contributed by atoms with Crippen LogP contribution in [0.25, 0.3) is 0 Å². The maximum absolute atomic E-state index is 12.6. The standard InChI is InChI=1S/C18H27N5O2/c1-13(2)22-6-8-23(9-7-22)17(25)12-21-5-4-16-15(11-21)10-19-18(20-16)14(3)24/h10,13H,4-9,11-12H2,1-3H3. The van der Waals surface area contributed by atoms with E-state index in [0.717, 1.165) is 50.4 Å². The number of carbonyl (C=O) groups is 2. The minimum absolute atomic E-state index is 0.110. The number of nitrogens with zero attached hydrogens (tertiary/aromatic N) is 5. The molecule has 1 aromatic rings. The summed E-state index contributed by atoms with van der Waals surface area (Å²) in [6, 6.07) is 0.538. The second-order valence-corrected chi connectivity index (χ2v) is 7.19. The van der Waals surface area contributed by atoms with Crippen LogP contribution in [0.15, 0.2) is 6.20 Å². The lowest BCUT2D eigenvalue weighted by atomic mass is 10.1. The molecular formula is C18H27N5O2. The van der Waals surface area contributed by atoms with Gasteiger partial charge in [0.2, 0.25) is 5.91 Å². The maximum atomic E-state index is 12.6. The normalized spacial score (nSPS) is 19.1. The zero-order valence-corrected chi connectivity index (χ0v) is 15.4. The van der Waals surface area contributed by atoms with Crippen LogP contribution in [0.1, 0.15) is 42.6 Å². The van der Waals surface area contributed by atoms with Crippen LogP contribution in [0, 0.1) is 0 Å². The molecule has 3 heterocycles. The van der Waals surface area contributed by atoms with Crippen molar-refractivity contribution in [1.82, 2.24) is 24.7 Å². The molecule has 1 aromatic heterocycles. The predicted octanol–water partition coefficient (Wildman–Crippen LogP) is 0.590. The number of hydrogen-bond donors (Lipinski definition) is 0. The molecule has 0 unspecified atom stereocenters. The Hall–Kier alpha value is -1.86. The lowest BCUT2D eigenvalue weighted by Gasteiger charge is -2.38. The first-order chi connectivity index (χ1) is 11.9. The molecule has 1 amide bonds. The highest BCUT2D eigenvalue weighted by atomic mass is 16.2. The van der Waals surface area contributed by atoms with Crippen LogP contribution in [0.4, 0.5) is 0 Å². The Morgan fingerprint density at radius 2 is 1.88 bits per heavy atom. The highest BCUT2D eigenvalue weighted by Gasteiger charge is 2.26. The molecule has 2 aliphatic heterocycles. The van der Waals surface area contributed by atoms with Gasteiger partial charge in [-0.15, -0.1) is 0 Å². The zero-order valence-electron chi connectivity index (χ0n) is 15.4. The Kier molecular flexibility index (Phi) is 5.44. The molecule has 7 heteroatoms. The van der Waals surface area contributed by atoms with Gasteiger partial charge in [0, 0.05) is 70.4 Å². The van der Waals surface area contributed by atoms with E-state index in [1.165, 1.54) is 6.92 Å². The summed E-state index contributed by atoms with van der Waals surface area (Å²) in [6.07, 6.45) is 2.49.